The second kappa shape index (κ2) is 5.03. The van der Waals surface area contributed by atoms with Gasteiger partial charge in [-0.3, -0.25) is 0 Å². The summed E-state index contributed by atoms with van der Waals surface area (Å²) in [6, 6.07) is 14.2. The predicted molar refractivity (Wildman–Crippen MR) is 72.3 cm³/mol. The van der Waals surface area contributed by atoms with E-state index in [1.807, 2.05) is 35.6 Å². The summed E-state index contributed by atoms with van der Waals surface area (Å²) in [5.41, 5.74) is 1.73. The van der Waals surface area contributed by atoms with Gasteiger partial charge in [0.05, 0.1) is 17.7 Å². The van der Waals surface area contributed by atoms with Crippen molar-refractivity contribution in [3.05, 3.63) is 51.7 Å². The lowest BCUT2D eigenvalue weighted by Crippen LogP contribution is -2.04. The van der Waals surface area contributed by atoms with Crippen molar-refractivity contribution in [2.45, 2.75) is 19.9 Å². The average Bonchev–Trinajstić information content (AvgIpc) is 2.77. The van der Waals surface area contributed by atoms with Crippen LogP contribution in [-0.4, -0.2) is 0 Å². The number of nitrogens with one attached hydrogen (secondary N) is 1. The van der Waals surface area contributed by atoms with E-state index in [-0.39, 0.29) is 0 Å². The summed E-state index contributed by atoms with van der Waals surface area (Å²) in [6.07, 6.45) is 0. The fraction of sp³-hybridized carbons (Fsp3) is 0.214. The summed E-state index contributed by atoms with van der Waals surface area (Å²) in [5, 5.41) is 12.1. The van der Waals surface area contributed by atoms with E-state index in [2.05, 4.69) is 37.4 Å². The van der Waals surface area contributed by atoms with Gasteiger partial charge in [0.2, 0.25) is 0 Å². The van der Waals surface area contributed by atoms with Crippen molar-refractivity contribution >= 4 is 17.0 Å². The first-order valence-electron chi connectivity index (χ1n) is 5.52. The molecule has 1 N–H and O–H groups in total. The molecule has 0 saturated carbocycles. The maximum absolute atomic E-state index is 8.72. The SMILES string of the molecule is Cc1ccc(C(C)Nc2ccc(C#N)cc2)s1. The van der Waals surface area contributed by atoms with Crippen molar-refractivity contribution in [3.63, 3.8) is 0 Å². The Kier molecular flexibility index (Phi) is 3.46. The summed E-state index contributed by atoms with van der Waals surface area (Å²) >= 11 is 1.81. The minimum absolute atomic E-state index is 0.293. The van der Waals surface area contributed by atoms with Gasteiger partial charge in [-0.1, -0.05) is 0 Å². The summed E-state index contributed by atoms with van der Waals surface area (Å²) < 4.78 is 0. The van der Waals surface area contributed by atoms with Gasteiger partial charge in [0.15, 0.2) is 0 Å². The topological polar surface area (TPSA) is 35.8 Å². The van der Waals surface area contributed by atoms with Crippen LogP contribution >= 0.6 is 11.3 Å². The van der Waals surface area contributed by atoms with E-state index in [4.69, 9.17) is 5.26 Å². The zero-order valence-corrected chi connectivity index (χ0v) is 10.7. The van der Waals surface area contributed by atoms with Crippen LogP contribution in [0.25, 0.3) is 0 Å². The van der Waals surface area contributed by atoms with Crippen LogP contribution in [0, 0.1) is 18.3 Å². The van der Waals surface area contributed by atoms with Crippen LogP contribution in [0.1, 0.15) is 28.3 Å². The van der Waals surface area contributed by atoms with Crippen LogP contribution in [0.15, 0.2) is 36.4 Å². The molecule has 2 nitrogen and oxygen atoms in total. The Balaban J connectivity index is 2.08. The molecule has 3 heteroatoms. The van der Waals surface area contributed by atoms with Crippen molar-refractivity contribution in [1.82, 2.24) is 0 Å². The zero-order valence-electron chi connectivity index (χ0n) is 9.90. The number of thiophene rings is 1. The fourth-order valence-corrected chi connectivity index (χ4v) is 2.53. The summed E-state index contributed by atoms with van der Waals surface area (Å²) in [6.45, 7) is 4.26. The highest BCUT2D eigenvalue weighted by Crippen LogP contribution is 2.25. The van der Waals surface area contributed by atoms with Gasteiger partial charge in [-0.2, -0.15) is 5.26 Å². The Morgan fingerprint density at radius 1 is 1.18 bits per heavy atom. The minimum Gasteiger partial charge on any atom is -0.378 e. The first-order chi connectivity index (χ1) is 8.19. The van der Waals surface area contributed by atoms with Crippen LogP contribution in [0.3, 0.4) is 0 Å². The van der Waals surface area contributed by atoms with Crippen molar-refractivity contribution in [3.8, 4) is 6.07 Å². The first kappa shape index (κ1) is 11.7. The van der Waals surface area contributed by atoms with Gasteiger partial charge in [-0.25, -0.2) is 0 Å². The number of hydrogen-bond acceptors (Lipinski definition) is 3. The van der Waals surface area contributed by atoms with Gasteiger partial charge >= 0.3 is 0 Å². The lowest BCUT2D eigenvalue weighted by molar-refractivity contribution is 0.908. The number of nitrogens with zero attached hydrogens (tertiary/aromatic N) is 1. The van der Waals surface area contributed by atoms with Crippen LogP contribution < -0.4 is 5.32 Å². The van der Waals surface area contributed by atoms with E-state index in [0.29, 0.717) is 11.6 Å². The highest BCUT2D eigenvalue weighted by Gasteiger charge is 2.07. The van der Waals surface area contributed by atoms with Gasteiger partial charge in [0.25, 0.3) is 0 Å². The van der Waals surface area contributed by atoms with Crippen LogP contribution in [0.5, 0.6) is 0 Å². The number of aryl methyl sites for hydroxylation is 1. The van der Waals surface area contributed by atoms with E-state index in [1.54, 1.807) is 0 Å². The molecular weight excluding hydrogens is 228 g/mol. The molecule has 0 aliphatic rings. The third kappa shape index (κ3) is 2.86. The lowest BCUT2D eigenvalue weighted by Gasteiger charge is -2.13. The molecule has 2 rings (SSSR count). The molecular formula is C14H14N2S. The molecule has 1 heterocycles. The largest absolute Gasteiger partial charge is 0.378 e. The Hall–Kier alpha value is -1.79. The summed E-state index contributed by atoms with van der Waals surface area (Å²) in [5.74, 6) is 0. The molecule has 0 saturated heterocycles. The van der Waals surface area contributed by atoms with Gasteiger partial charge in [-0.15, -0.1) is 11.3 Å². The second-order valence-electron chi connectivity index (χ2n) is 4.00. The summed E-state index contributed by atoms with van der Waals surface area (Å²) in [4.78, 5) is 2.65. The van der Waals surface area contributed by atoms with E-state index in [9.17, 15) is 0 Å². The molecule has 2 aromatic rings. The Labute approximate surface area is 106 Å². The Bertz CT molecular complexity index is 534. The quantitative estimate of drug-likeness (QED) is 0.879. The number of anilines is 1. The number of nitriles is 1. The predicted octanol–water partition coefficient (Wildman–Crippen LogP) is 4.10. The molecule has 0 aliphatic carbocycles. The third-order valence-corrected chi connectivity index (χ3v) is 3.77. The van der Waals surface area contributed by atoms with Gasteiger partial charge < -0.3 is 5.32 Å². The van der Waals surface area contributed by atoms with Crippen molar-refractivity contribution in [2.75, 3.05) is 5.32 Å². The molecule has 0 radical (unpaired) electrons. The minimum atomic E-state index is 0.293. The summed E-state index contributed by atoms with van der Waals surface area (Å²) in [7, 11) is 0. The van der Waals surface area contributed by atoms with Gasteiger partial charge in [-0.05, 0) is 50.2 Å². The van der Waals surface area contributed by atoms with Gasteiger partial charge in [0, 0.05) is 15.4 Å². The molecule has 0 spiro atoms. The third-order valence-electron chi connectivity index (χ3n) is 2.59. The second-order valence-corrected chi connectivity index (χ2v) is 5.32. The van der Waals surface area contributed by atoms with E-state index in [0.717, 1.165) is 5.69 Å². The van der Waals surface area contributed by atoms with E-state index < -0.39 is 0 Å². The monoisotopic (exact) mass is 242 g/mol. The van der Waals surface area contributed by atoms with Crippen molar-refractivity contribution in [2.24, 2.45) is 0 Å². The normalized spacial score (nSPS) is 11.8. The van der Waals surface area contributed by atoms with E-state index >= 15 is 0 Å². The molecule has 1 aromatic carbocycles. The molecule has 0 amide bonds. The maximum Gasteiger partial charge on any atom is 0.0991 e. The molecule has 0 fully saturated rings. The Morgan fingerprint density at radius 2 is 1.88 bits per heavy atom. The molecule has 17 heavy (non-hydrogen) atoms. The molecule has 0 bridgehead atoms. The molecule has 1 unspecified atom stereocenters. The number of rotatable bonds is 3. The van der Waals surface area contributed by atoms with Crippen LogP contribution in [-0.2, 0) is 0 Å². The van der Waals surface area contributed by atoms with Crippen molar-refractivity contribution in [1.29, 1.82) is 5.26 Å². The van der Waals surface area contributed by atoms with Crippen molar-refractivity contribution < 1.29 is 0 Å². The van der Waals surface area contributed by atoms with Crippen LogP contribution in [0.4, 0.5) is 5.69 Å². The fourth-order valence-electron chi connectivity index (χ4n) is 1.65. The van der Waals surface area contributed by atoms with Crippen LogP contribution in [0.2, 0.25) is 0 Å². The standard InChI is InChI=1S/C14H14N2S/c1-10-3-8-14(17-10)11(2)16-13-6-4-12(9-15)5-7-13/h3-8,11,16H,1-2H3. The Morgan fingerprint density at radius 3 is 2.41 bits per heavy atom. The molecule has 1 atom stereocenters. The number of benzene rings is 1. The smallest absolute Gasteiger partial charge is 0.0991 e. The number of hydrogen-bond donors (Lipinski definition) is 1. The molecule has 0 aliphatic heterocycles. The molecule has 86 valence electrons. The van der Waals surface area contributed by atoms with E-state index in [1.165, 1.54) is 9.75 Å². The molecule has 1 aromatic heterocycles. The highest BCUT2D eigenvalue weighted by molar-refractivity contribution is 7.12. The first-order valence-corrected chi connectivity index (χ1v) is 6.34. The highest BCUT2D eigenvalue weighted by atomic mass is 32.1. The zero-order chi connectivity index (χ0) is 12.3. The lowest BCUT2D eigenvalue weighted by atomic mass is 10.2. The average molecular weight is 242 g/mol. The van der Waals surface area contributed by atoms with Gasteiger partial charge in [0.1, 0.15) is 0 Å². The maximum atomic E-state index is 8.72.